The van der Waals surface area contributed by atoms with Gasteiger partial charge in [-0.25, -0.2) is 4.79 Å². The monoisotopic (exact) mass is 382 g/mol. The van der Waals surface area contributed by atoms with Gasteiger partial charge in [-0.2, -0.15) is 4.39 Å². The van der Waals surface area contributed by atoms with Crippen molar-refractivity contribution in [3.63, 3.8) is 0 Å². The molecule has 0 bridgehead atoms. The second-order valence-electron chi connectivity index (χ2n) is 7.23. The maximum atomic E-state index is 14.3. The zero-order chi connectivity index (χ0) is 19.7. The zero-order valence-corrected chi connectivity index (χ0v) is 16.7. The maximum Gasteiger partial charge on any atom is 0.375 e. The molecule has 0 radical (unpaired) electrons. The average Bonchev–Trinajstić information content (AvgIpc) is 2.56. The van der Waals surface area contributed by atoms with Gasteiger partial charge in [-0.1, -0.05) is 55.7 Å². The van der Waals surface area contributed by atoms with Crippen molar-refractivity contribution in [2.75, 3.05) is 0 Å². The first kappa shape index (κ1) is 22.4. The number of carbonyl (C=O) groups is 1. The summed E-state index contributed by atoms with van der Waals surface area (Å²) >= 11 is 5.87. The van der Waals surface area contributed by atoms with Gasteiger partial charge in [-0.15, -0.1) is 0 Å². The van der Waals surface area contributed by atoms with E-state index in [-0.39, 0.29) is 0 Å². The number of aliphatic hydroxyl groups is 1. The minimum absolute atomic E-state index is 0.326. The van der Waals surface area contributed by atoms with E-state index in [1.54, 1.807) is 45.0 Å². The molecule has 5 heteroatoms. The Morgan fingerprint density at radius 2 is 1.85 bits per heavy atom. The van der Waals surface area contributed by atoms with Gasteiger partial charge in [-0.05, 0) is 51.3 Å². The molecule has 1 aromatic rings. The number of hydrogen-bond acceptors (Lipinski definition) is 3. The normalized spacial score (nSPS) is 12.3. The molecule has 0 saturated carbocycles. The summed E-state index contributed by atoms with van der Waals surface area (Å²) in [7, 11) is 0. The van der Waals surface area contributed by atoms with Crippen LogP contribution in [0, 0.1) is 0 Å². The largest absolute Gasteiger partial charge is 0.454 e. The third kappa shape index (κ3) is 8.18. The van der Waals surface area contributed by atoms with Crippen molar-refractivity contribution in [3.8, 4) is 0 Å². The van der Waals surface area contributed by atoms with Crippen LogP contribution in [0.1, 0.15) is 71.5 Å². The Labute approximate surface area is 160 Å². The quantitative estimate of drug-likeness (QED) is 0.257. The van der Waals surface area contributed by atoms with E-state index < -0.39 is 23.5 Å². The van der Waals surface area contributed by atoms with Gasteiger partial charge in [0.05, 0.1) is 0 Å². The maximum absolute atomic E-state index is 14.3. The Morgan fingerprint density at radius 1 is 1.23 bits per heavy atom. The molecule has 1 N–H and O–H groups in total. The molecule has 0 aliphatic carbocycles. The topological polar surface area (TPSA) is 46.5 Å². The molecule has 26 heavy (non-hydrogen) atoms. The predicted molar refractivity (Wildman–Crippen MR) is 103 cm³/mol. The first-order valence-corrected chi connectivity index (χ1v) is 9.34. The minimum Gasteiger partial charge on any atom is -0.454 e. The average molecular weight is 383 g/mol. The first-order chi connectivity index (χ1) is 12.1. The van der Waals surface area contributed by atoms with Crippen LogP contribution in [0.4, 0.5) is 4.39 Å². The van der Waals surface area contributed by atoms with Gasteiger partial charge in [0, 0.05) is 10.6 Å². The van der Waals surface area contributed by atoms with Gasteiger partial charge in [0.25, 0.3) is 0 Å². The number of rotatable bonds is 8. The van der Waals surface area contributed by atoms with Crippen LogP contribution < -0.4 is 0 Å². The number of halogens is 2. The number of benzene rings is 1. The molecule has 1 unspecified atom stereocenters. The molecule has 3 nitrogen and oxygen atoms in total. The van der Waals surface area contributed by atoms with Crippen LogP contribution in [-0.2, 0) is 9.53 Å². The second kappa shape index (κ2) is 10.5. The predicted octanol–water partition coefficient (Wildman–Crippen LogP) is 6.06. The molecular formula is C21H28ClFO3. The van der Waals surface area contributed by atoms with E-state index in [1.807, 2.05) is 0 Å². The highest BCUT2D eigenvalue weighted by molar-refractivity contribution is 6.30. The SMILES string of the molecule is CCCCCCC(=C=C(F)C(=O)OC(C)(C)C)C(O)c1ccc(Cl)cc1. The van der Waals surface area contributed by atoms with Gasteiger partial charge in [0.2, 0.25) is 5.83 Å². The summed E-state index contributed by atoms with van der Waals surface area (Å²) in [6, 6.07) is 6.66. The molecule has 144 valence electrons. The number of aliphatic hydroxyl groups excluding tert-OH is 1. The van der Waals surface area contributed by atoms with Gasteiger partial charge in [0.1, 0.15) is 11.7 Å². The Kier molecular flexibility index (Phi) is 9.07. The number of unbranched alkanes of at least 4 members (excludes halogenated alkanes) is 3. The molecule has 0 aromatic heterocycles. The molecule has 1 aromatic carbocycles. The molecule has 0 spiro atoms. The molecule has 0 aliphatic heterocycles. The highest BCUT2D eigenvalue weighted by atomic mass is 35.5. The third-order valence-electron chi connectivity index (χ3n) is 3.66. The Hall–Kier alpha value is -1.61. The zero-order valence-electron chi connectivity index (χ0n) is 15.9. The van der Waals surface area contributed by atoms with Crippen LogP contribution in [0.3, 0.4) is 0 Å². The van der Waals surface area contributed by atoms with Gasteiger partial charge in [0.15, 0.2) is 0 Å². The Morgan fingerprint density at radius 3 is 2.38 bits per heavy atom. The summed E-state index contributed by atoms with van der Waals surface area (Å²) < 4.78 is 19.3. The molecular weight excluding hydrogens is 355 g/mol. The van der Waals surface area contributed by atoms with Gasteiger partial charge in [-0.3, -0.25) is 0 Å². The van der Waals surface area contributed by atoms with E-state index in [0.29, 0.717) is 22.6 Å². The molecule has 0 heterocycles. The van der Waals surface area contributed by atoms with Crippen molar-refractivity contribution in [2.24, 2.45) is 0 Å². The highest BCUT2D eigenvalue weighted by Gasteiger charge is 2.21. The smallest absolute Gasteiger partial charge is 0.375 e. The lowest BCUT2D eigenvalue weighted by atomic mass is 9.97. The number of hydrogen-bond donors (Lipinski definition) is 1. The van der Waals surface area contributed by atoms with Crippen molar-refractivity contribution >= 4 is 17.6 Å². The first-order valence-electron chi connectivity index (χ1n) is 8.96. The Balaban J connectivity index is 3.11. The fourth-order valence-corrected chi connectivity index (χ4v) is 2.50. The van der Waals surface area contributed by atoms with Crippen LogP contribution in [-0.4, -0.2) is 16.7 Å². The van der Waals surface area contributed by atoms with Gasteiger partial charge < -0.3 is 9.84 Å². The number of carbonyl (C=O) groups excluding carboxylic acids is 1. The van der Waals surface area contributed by atoms with Crippen LogP contribution >= 0.6 is 11.6 Å². The fraction of sp³-hybridized carbons (Fsp3) is 0.524. The molecule has 0 aliphatic rings. The van der Waals surface area contributed by atoms with Crippen LogP contribution in [0.25, 0.3) is 0 Å². The Bertz CT molecular complexity index is 653. The molecule has 1 atom stereocenters. The summed E-state index contributed by atoms with van der Waals surface area (Å²) in [5.74, 6) is -2.20. The minimum atomic E-state index is -1.13. The van der Waals surface area contributed by atoms with Crippen molar-refractivity contribution in [2.45, 2.75) is 71.5 Å². The highest BCUT2D eigenvalue weighted by Crippen LogP contribution is 2.27. The van der Waals surface area contributed by atoms with E-state index in [9.17, 15) is 14.3 Å². The molecule has 0 saturated heterocycles. The molecule has 1 rings (SSSR count). The van der Waals surface area contributed by atoms with Crippen molar-refractivity contribution < 1.29 is 19.0 Å². The van der Waals surface area contributed by atoms with E-state index in [0.717, 1.165) is 25.7 Å². The van der Waals surface area contributed by atoms with E-state index in [2.05, 4.69) is 12.7 Å². The van der Waals surface area contributed by atoms with Crippen molar-refractivity contribution in [1.29, 1.82) is 0 Å². The van der Waals surface area contributed by atoms with E-state index in [1.165, 1.54) is 0 Å². The van der Waals surface area contributed by atoms with Gasteiger partial charge >= 0.3 is 5.97 Å². The van der Waals surface area contributed by atoms with E-state index >= 15 is 0 Å². The number of esters is 1. The summed E-state index contributed by atoms with van der Waals surface area (Å²) in [5.41, 5.74) is 2.54. The fourth-order valence-electron chi connectivity index (χ4n) is 2.37. The summed E-state index contributed by atoms with van der Waals surface area (Å²) in [4.78, 5) is 11.9. The lowest BCUT2D eigenvalue weighted by Crippen LogP contribution is -2.24. The van der Waals surface area contributed by atoms with Crippen LogP contribution in [0.5, 0.6) is 0 Å². The second-order valence-corrected chi connectivity index (χ2v) is 7.67. The standard InChI is InChI=1S/C21H28ClFO3/c1-5-6-7-8-9-16(14-18(23)20(25)26-21(2,3)4)19(24)15-10-12-17(22)13-11-15/h10-13,19,24H,5-9H2,1-4H3. The molecule has 0 amide bonds. The summed E-state index contributed by atoms with van der Waals surface area (Å²) in [5, 5.41) is 11.2. The molecule has 0 fully saturated rings. The summed E-state index contributed by atoms with van der Waals surface area (Å²) in [6.45, 7) is 7.09. The van der Waals surface area contributed by atoms with Crippen molar-refractivity contribution in [1.82, 2.24) is 0 Å². The third-order valence-corrected chi connectivity index (χ3v) is 3.92. The van der Waals surface area contributed by atoms with E-state index in [4.69, 9.17) is 16.3 Å². The lowest BCUT2D eigenvalue weighted by molar-refractivity contribution is -0.151. The van der Waals surface area contributed by atoms with Crippen molar-refractivity contribution in [3.05, 3.63) is 52.0 Å². The summed E-state index contributed by atoms with van der Waals surface area (Å²) in [6.07, 6.45) is 3.26. The van der Waals surface area contributed by atoms with Crippen LogP contribution in [0.2, 0.25) is 5.02 Å². The number of ether oxygens (including phenoxy) is 1. The lowest BCUT2D eigenvalue weighted by Gasteiger charge is -2.18. The van der Waals surface area contributed by atoms with Crippen LogP contribution in [0.15, 0.2) is 41.4 Å².